The summed E-state index contributed by atoms with van der Waals surface area (Å²) >= 11 is 0. The quantitative estimate of drug-likeness (QED) is 0.0891. The molecule has 1 amide bonds. The molecule has 0 spiro atoms. The van der Waals surface area contributed by atoms with Gasteiger partial charge in [0.25, 0.3) is 0 Å². The summed E-state index contributed by atoms with van der Waals surface area (Å²) in [4.78, 5) is 12.7. The molecule has 0 radical (unpaired) electrons. The average molecular weight is 593 g/mol. The first-order chi connectivity index (χ1) is 19.4. The van der Waals surface area contributed by atoms with E-state index in [9.17, 15) is 25.2 Å². The van der Waals surface area contributed by atoms with E-state index >= 15 is 0 Å². The van der Waals surface area contributed by atoms with Gasteiger partial charge >= 0.3 is 0 Å². The molecular weight excluding hydrogens is 544 g/mol. The summed E-state index contributed by atoms with van der Waals surface area (Å²) in [7, 11) is 1.57. The van der Waals surface area contributed by atoms with Crippen molar-refractivity contribution in [3.05, 3.63) is 11.8 Å². The van der Waals surface area contributed by atoms with Gasteiger partial charge in [-0.05, 0) is 45.9 Å². The van der Waals surface area contributed by atoms with E-state index in [0.29, 0.717) is 25.3 Å². The zero-order valence-corrected chi connectivity index (χ0v) is 23.6. The molecule has 16 nitrogen and oxygen atoms in total. The number of nitrogens with two attached hydrogens (primary N) is 3. The van der Waals surface area contributed by atoms with Crippen LogP contribution in [-0.2, 0) is 23.7 Å². The Kier molecular flexibility index (Phi) is 12.7. The predicted molar refractivity (Wildman–Crippen MR) is 145 cm³/mol. The highest BCUT2D eigenvalue weighted by Crippen LogP contribution is 2.32. The topological polar surface area (TPSA) is 269 Å². The van der Waals surface area contributed by atoms with Gasteiger partial charge in [0, 0.05) is 12.6 Å². The number of hydrogen-bond acceptors (Lipinski definition) is 15. The third-order valence-corrected chi connectivity index (χ3v) is 7.63. The number of ether oxygens (including phenoxy) is 4. The maximum absolute atomic E-state index is 12.7. The fourth-order valence-corrected chi connectivity index (χ4v) is 5.38. The maximum atomic E-state index is 12.7. The molecule has 238 valence electrons. The molecule has 2 aliphatic heterocycles. The van der Waals surface area contributed by atoms with Crippen molar-refractivity contribution in [3.8, 4) is 0 Å². The highest BCUT2D eigenvalue weighted by molar-refractivity contribution is 5.80. The lowest BCUT2D eigenvalue weighted by atomic mass is 9.83. The molecule has 41 heavy (non-hydrogen) atoms. The maximum Gasteiger partial charge on any atom is 0.249 e. The van der Waals surface area contributed by atoms with Crippen LogP contribution < -0.4 is 33.2 Å². The molecule has 16 heteroatoms. The SMILES string of the molecule is CNC1[C@@H](O)[C@@H](OC2[C@@H](O)[C@H](O[C@H]3OC(CNCCO)=CCC3N)C(N)C[C@H]2NC(=O)[C@@H](O)CCN)OC[C@]1(C)O. The Labute approximate surface area is 239 Å². The number of likely N-dealkylation sites (N-methyl/N-ethyl adjacent to an activating group) is 1. The van der Waals surface area contributed by atoms with Crippen LogP contribution in [0.4, 0.5) is 0 Å². The van der Waals surface area contributed by atoms with Crippen molar-refractivity contribution >= 4 is 5.91 Å². The van der Waals surface area contributed by atoms with Crippen molar-refractivity contribution < 1.29 is 49.3 Å². The highest BCUT2D eigenvalue weighted by Gasteiger charge is 2.51. The zero-order chi connectivity index (χ0) is 30.3. The van der Waals surface area contributed by atoms with Crippen molar-refractivity contribution in [3.63, 3.8) is 0 Å². The van der Waals surface area contributed by atoms with Gasteiger partial charge in [-0.1, -0.05) is 0 Å². The second-order valence-corrected chi connectivity index (χ2v) is 11.0. The Morgan fingerprint density at radius 3 is 2.56 bits per heavy atom. The van der Waals surface area contributed by atoms with Gasteiger partial charge in [-0.3, -0.25) is 4.79 Å². The molecule has 0 bridgehead atoms. The Hall–Kier alpha value is -1.51. The molecule has 1 saturated carbocycles. The number of rotatable bonds is 13. The molecule has 2 fully saturated rings. The van der Waals surface area contributed by atoms with Gasteiger partial charge in [0.05, 0.1) is 37.9 Å². The molecule has 3 aliphatic rings. The van der Waals surface area contributed by atoms with Gasteiger partial charge in [0.15, 0.2) is 6.29 Å². The number of aliphatic hydroxyl groups is 5. The molecule has 1 aliphatic carbocycles. The summed E-state index contributed by atoms with van der Waals surface area (Å²) in [5.74, 6) is -0.170. The van der Waals surface area contributed by atoms with Crippen molar-refractivity contribution in [1.29, 1.82) is 0 Å². The van der Waals surface area contributed by atoms with Crippen LogP contribution in [0.1, 0.15) is 26.2 Å². The summed E-state index contributed by atoms with van der Waals surface area (Å²) in [5.41, 5.74) is 16.7. The molecule has 14 N–H and O–H groups in total. The molecule has 0 aromatic carbocycles. The second-order valence-electron chi connectivity index (χ2n) is 11.0. The Bertz CT molecular complexity index is 869. The minimum Gasteiger partial charge on any atom is -0.467 e. The third-order valence-electron chi connectivity index (χ3n) is 7.63. The minimum atomic E-state index is -1.46. The zero-order valence-electron chi connectivity index (χ0n) is 23.6. The summed E-state index contributed by atoms with van der Waals surface area (Å²) in [6.45, 7) is 2.07. The lowest BCUT2D eigenvalue weighted by molar-refractivity contribution is -0.304. The first-order valence-corrected chi connectivity index (χ1v) is 14.0. The monoisotopic (exact) mass is 592 g/mol. The fourth-order valence-electron chi connectivity index (χ4n) is 5.38. The van der Waals surface area contributed by atoms with Crippen molar-refractivity contribution in [2.45, 2.75) is 99.1 Å². The molecule has 0 aromatic rings. The number of hydrogen-bond donors (Lipinski definition) is 11. The third kappa shape index (κ3) is 8.54. The number of aliphatic hydroxyl groups excluding tert-OH is 4. The second kappa shape index (κ2) is 15.3. The van der Waals surface area contributed by atoms with Gasteiger partial charge in [-0.2, -0.15) is 0 Å². The van der Waals surface area contributed by atoms with E-state index in [2.05, 4.69) is 16.0 Å². The van der Waals surface area contributed by atoms with Crippen molar-refractivity contribution in [2.24, 2.45) is 17.2 Å². The van der Waals surface area contributed by atoms with E-state index in [4.69, 9.17) is 41.3 Å². The smallest absolute Gasteiger partial charge is 0.249 e. The van der Waals surface area contributed by atoms with E-state index < -0.39 is 78.8 Å². The summed E-state index contributed by atoms with van der Waals surface area (Å²) in [6, 6.07) is -3.12. The fraction of sp³-hybridized carbons (Fsp3) is 0.880. The standard InChI is InChI=1S/C25H48N6O10/c1-25(37)11-38-24(18(35)21(25)29-2)41-20-15(31-22(36)16(33)5-6-26)9-14(28)19(17(20)34)40-23-13(27)4-3-12(39-23)10-30-7-8-32/h3,13-21,23-24,29-30,32-35,37H,4-11,26-28H2,1-2H3,(H,31,36)/t13?,14?,15-,16+,17+,18-,19-,20?,21?,23-,24-,25+/m1/s1. The van der Waals surface area contributed by atoms with Crippen LogP contribution >= 0.6 is 0 Å². The Balaban J connectivity index is 1.79. The molecule has 2 heterocycles. The molecule has 0 aromatic heterocycles. The molecule has 1 saturated heterocycles. The molecular formula is C25H48N6O10. The van der Waals surface area contributed by atoms with Gasteiger partial charge in [-0.25, -0.2) is 0 Å². The number of amides is 1. The van der Waals surface area contributed by atoms with Gasteiger partial charge < -0.3 is 77.6 Å². The van der Waals surface area contributed by atoms with Crippen molar-refractivity contribution in [2.75, 3.05) is 39.9 Å². The molecule has 3 rings (SSSR count). The largest absolute Gasteiger partial charge is 0.467 e. The summed E-state index contributed by atoms with van der Waals surface area (Å²) in [5, 5.41) is 60.7. The normalized spacial score (nSPS) is 40.4. The first kappa shape index (κ1) is 34.0. The van der Waals surface area contributed by atoms with Crippen LogP contribution in [0.15, 0.2) is 11.8 Å². The van der Waals surface area contributed by atoms with Crippen LogP contribution in [0.2, 0.25) is 0 Å². The van der Waals surface area contributed by atoms with Crippen molar-refractivity contribution in [1.82, 2.24) is 16.0 Å². The molecule has 12 atom stereocenters. The lowest BCUT2D eigenvalue weighted by Gasteiger charge is -2.48. The van der Waals surface area contributed by atoms with Crippen LogP contribution in [0.3, 0.4) is 0 Å². The van der Waals surface area contributed by atoms with Crippen LogP contribution in [0.25, 0.3) is 0 Å². The summed E-state index contributed by atoms with van der Waals surface area (Å²) in [6.07, 6.45) is -6.40. The number of carbonyl (C=O) groups excluding carboxylic acids is 1. The van der Waals surface area contributed by atoms with Gasteiger partial charge in [0.2, 0.25) is 12.2 Å². The van der Waals surface area contributed by atoms with Gasteiger partial charge in [-0.15, -0.1) is 0 Å². The first-order valence-electron chi connectivity index (χ1n) is 14.0. The van der Waals surface area contributed by atoms with E-state index in [1.807, 2.05) is 6.08 Å². The highest BCUT2D eigenvalue weighted by atomic mass is 16.7. The van der Waals surface area contributed by atoms with Crippen LogP contribution in [0, 0.1) is 0 Å². The van der Waals surface area contributed by atoms with Crippen LogP contribution in [-0.4, -0.2) is 144 Å². The Morgan fingerprint density at radius 1 is 1.20 bits per heavy atom. The van der Waals surface area contributed by atoms with E-state index in [1.165, 1.54) is 6.92 Å². The van der Waals surface area contributed by atoms with E-state index in [0.717, 1.165) is 0 Å². The van der Waals surface area contributed by atoms with E-state index in [-0.39, 0.29) is 32.6 Å². The van der Waals surface area contributed by atoms with Crippen LogP contribution in [0.5, 0.6) is 0 Å². The Morgan fingerprint density at radius 2 is 1.90 bits per heavy atom. The van der Waals surface area contributed by atoms with E-state index in [1.54, 1.807) is 7.05 Å². The number of carbonyl (C=O) groups is 1. The predicted octanol–water partition coefficient (Wildman–Crippen LogP) is -5.36. The minimum absolute atomic E-state index is 0.0216. The summed E-state index contributed by atoms with van der Waals surface area (Å²) < 4.78 is 23.7. The lowest BCUT2D eigenvalue weighted by Crippen LogP contribution is -2.69. The van der Waals surface area contributed by atoms with Gasteiger partial charge in [0.1, 0.15) is 41.9 Å². The average Bonchev–Trinajstić information content (AvgIpc) is 2.91. The molecule has 4 unspecified atom stereocenters. The number of nitrogens with one attached hydrogen (secondary N) is 3.